The number of hydrogen-bond acceptors (Lipinski definition) is 5. The van der Waals surface area contributed by atoms with Crippen molar-refractivity contribution in [2.45, 2.75) is 38.4 Å². The molecule has 2 fully saturated rings. The zero-order valence-electron chi connectivity index (χ0n) is 12.3. The van der Waals surface area contributed by atoms with Gasteiger partial charge in [0.15, 0.2) is 0 Å². The first kappa shape index (κ1) is 14.3. The predicted octanol–water partition coefficient (Wildman–Crippen LogP) is 1.71. The molecule has 2 atom stereocenters. The first-order valence-corrected chi connectivity index (χ1v) is 7.61. The molecule has 1 aromatic heterocycles. The molecule has 21 heavy (non-hydrogen) atoms. The second-order valence-corrected chi connectivity index (χ2v) is 5.90. The molecule has 1 spiro atoms. The van der Waals surface area contributed by atoms with Crippen molar-refractivity contribution >= 4 is 5.82 Å². The van der Waals surface area contributed by atoms with E-state index in [1.165, 1.54) is 0 Å². The van der Waals surface area contributed by atoms with Crippen LogP contribution in [0, 0.1) is 16.7 Å². The highest BCUT2D eigenvalue weighted by atomic mass is 16.5. The van der Waals surface area contributed by atoms with E-state index >= 15 is 0 Å². The summed E-state index contributed by atoms with van der Waals surface area (Å²) < 4.78 is 5.78. The lowest BCUT2D eigenvalue weighted by Gasteiger charge is -2.56. The Hall–Kier alpha value is -1.64. The second-order valence-electron chi connectivity index (χ2n) is 5.90. The van der Waals surface area contributed by atoms with E-state index < -0.39 is 0 Å². The Bertz CT molecular complexity index is 545. The Morgan fingerprint density at radius 1 is 1.52 bits per heavy atom. The van der Waals surface area contributed by atoms with Crippen LogP contribution in [-0.2, 0) is 4.74 Å². The fraction of sp³-hybridized carbons (Fsp3) is 0.625. The van der Waals surface area contributed by atoms with Crippen molar-refractivity contribution in [3.8, 4) is 6.07 Å². The van der Waals surface area contributed by atoms with Gasteiger partial charge in [-0.05, 0) is 31.9 Å². The van der Waals surface area contributed by atoms with Crippen LogP contribution in [0.2, 0.25) is 0 Å². The van der Waals surface area contributed by atoms with E-state index in [0.29, 0.717) is 12.2 Å². The summed E-state index contributed by atoms with van der Waals surface area (Å²) in [5, 5.41) is 19.4. The van der Waals surface area contributed by atoms with E-state index in [1.54, 1.807) is 18.3 Å². The quantitative estimate of drug-likeness (QED) is 0.916. The van der Waals surface area contributed by atoms with Crippen LogP contribution in [0.25, 0.3) is 0 Å². The third kappa shape index (κ3) is 2.29. The number of aliphatic hydroxyl groups is 1. The standard InChI is InChI=1S/C16H21N3O2/c1-2-21-14-10-13(20)16(14)5-8-19(9-6-16)15-12(11-17)4-3-7-18-15/h3-4,7,13-14,20H,2,5-6,8-10H2,1H3/t13-,14+/m0/s1. The van der Waals surface area contributed by atoms with Crippen LogP contribution in [0.15, 0.2) is 18.3 Å². The summed E-state index contributed by atoms with van der Waals surface area (Å²) in [6.45, 7) is 4.32. The second kappa shape index (κ2) is 5.63. The molecule has 1 N–H and O–H groups in total. The molecule has 3 rings (SSSR count). The molecule has 0 bridgehead atoms. The van der Waals surface area contributed by atoms with Crippen molar-refractivity contribution in [3.05, 3.63) is 23.9 Å². The molecule has 0 aromatic carbocycles. The zero-order valence-corrected chi connectivity index (χ0v) is 12.3. The van der Waals surface area contributed by atoms with Gasteiger partial charge in [0.2, 0.25) is 0 Å². The highest BCUT2D eigenvalue weighted by Crippen LogP contribution is 2.51. The summed E-state index contributed by atoms with van der Waals surface area (Å²) in [7, 11) is 0. The molecule has 0 radical (unpaired) electrons. The maximum absolute atomic E-state index is 10.2. The van der Waals surface area contributed by atoms with E-state index in [0.717, 1.165) is 38.2 Å². The number of rotatable bonds is 3. The first-order chi connectivity index (χ1) is 10.2. The van der Waals surface area contributed by atoms with Gasteiger partial charge < -0.3 is 14.7 Å². The molecule has 5 heteroatoms. The number of piperidine rings is 1. The maximum Gasteiger partial charge on any atom is 0.146 e. The van der Waals surface area contributed by atoms with E-state index in [9.17, 15) is 10.4 Å². The van der Waals surface area contributed by atoms with Crippen LogP contribution in [-0.4, -0.2) is 42.0 Å². The van der Waals surface area contributed by atoms with Crippen LogP contribution in [0.4, 0.5) is 5.82 Å². The van der Waals surface area contributed by atoms with Gasteiger partial charge in [-0.25, -0.2) is 4.98 Å². The van der Waals surface area contributed by atoms with Crippen LogP contribution < -0.4 is 4.90 Å². The van der Waals surface area contributed by atoms with Gasteiger partial charge in [0.25, 0.3) is 0 Å². The van der Waals surface area contributed by atoms with Gasteiger partial charge in [-0.3, -0.25) is 0 Å². The molecule has 0 amide bonds. The summed E-state index contributed by atoms with van der Waals surface area (Å²) in [4.78, 5) is 6.50. The number of aromatic nitrogens is 1. The average molecular weight is 287 g/mol. The molecule has 1 saturated heterocycles. The lowest BCUT2D eigenvalue weighted by Crippen LogP contribution is -2.62. The molecule has 1 aromatic rings. The third-order valence-corrected chi connectivity index (χ3v) is 5.01. The van der Waals surface area contributed by atoms with E-state index in [2.05, 4.69) is 16.0 Å². The molecule has 1 aliphatic carbocycles. The van der Waals surface area contributed by atoms with Gasteiger partial charge in [0.05, 0.1) is 17.8 Å². The minimum atomic E-state index is -0.254. The van der Waals surface area contributed by atoms with Crippen molar-refractivity contribution in [2.75, 3.05) is 24.6 Å². The summed E-state index contributed by atoms with van der Waals surface area (Å²) in [6.07, 6.45) is 4.18. The molecule has 0 unspecified atom stereocenters. The van der Waals surface area contributed by atoms with Crippen LogP contribution in [0.3, 0.4) is 0 Å². The number of nitrogens with zero attached hydrogens (tertiary/aromatic N) is 3. The van der Waals surface area contributed by atoms with Gasteiger partial charge in [0, 0.05) is 37.7 Å². The van der Waals surface area contributed by atoms with Crippen LogP contribution in [0.1, 0.15) is 31.7 Å². The van der Waals surface area contributed by atoms with E-state index in [4.69, 9.17) is 4.74 Å². The maximum atomic E-state index is 10.2. The first-order valence-electron chi connectivity index (χ1n) is 7.61. The summed E-state index contributed by atoms with van der Waals surface area (Å²) in [5.74, 6) is 0.761. The minimum Gasteiger partial charge on any atom is -0.392 e. The molecular weight excluding hydrogens is 266 g/mol. The Kier molecular flexibility index (Phi) is 3.83. The Morgan fingerprint density at radius 3 is 2.90 bits per heavy atom. The van der Waals surface area contributed by atoms with Gasteiger partial charge in [-0.1, -0.05) is 0 Å². The molecule has 5 nitrogen and oxygen atoms in total. The van der Waals surface area contributed by atoms with Crippen LogP contribution in [0.5, 0.6) is 0 Å². The number of anilines is 1. The van der Waals surface area contributed by atoms with Crippen molar-refractivity contribution in [1.82, 2.24) is 4.98 Å². The molecule has 112 valence electrons. The monoisotopic (exact) mass is 287 g/mol. The lowest BCUT2D eigenvalue weighted by molar-refractivity contribution is -0.199. The fourth-order valence-corrected chi connectivity index (χ4v) is 3.69. The summed E-state index contributed by atoms with van der Waals surface area (Å²) in [6, 6.07) is 5.79. The van der Waals surface area contributed by atoms with Crippen LogP contribution >= 0.6 is 0 Å². The van der Waals surface area contributed by atoms with Gasteiger partial charge in [0.1, 0.15) is 11.9 Å². The highest BCUT2D eigenvalue weighted by Gasteiger charge is 2.56. The average Bonchev–Trinajstić information content (AvgIpc) is 2.55. The lowest BCUT2D eigenvalue weighted by atomic mass is 9.58. The number of aliphatic hydroxyl groups excluding tert-OH is 1. The predicted molar refractivity (Wildman–Crippen MR) is 78.9 cm³/mol. The van der Waals surface area contributed by atoms with Crippen molar-refractivity contribution in [3.63, 3.8) is 0 Å². The Morgan fingerprint density at radius 2 is 2.29 bits per heavy atom. The Labute approximate surface area is 125 Å². The van der Waals surface area contributed by atoms with Gasteiger partial charge >= 0.3 is 0 Å². The van der Waals surface area contributed by atoms with Gasteiger partial charge in [-0.2, -0.15) is 5.26 Å². The molecule has 1 aliphatic heterocycles. The van der Waals surface area contributed by atoms with E-state index in [1.807, 2.05) is 6.92 Å². The molecule has 2 heterocycles. The topological polar surface area (TPSA) is 69.4 Å². The van der Waals surface area contributed by atoms with Crippen molar-refractivity contribution < 1.29 is 9.84 Å². The zero-order chi connectivity index (χ0) is 14.9. The number of pyridine rings is 1. The SMILES string of the molecule is CCO[C@@H]1C[C@H](O)C12CCN(c1ncccc1C#N)CC2. The largest absolute Gasteiger partial charge is 0.392 e. The van der Waals surface area contributed by atoms with Crippen molar-refractivity contribution in [2.24, 2.45) is 5.41 Å². The molecule has 1 saturated carbocycles. The van der Waals surface area contributed by atoms with Gasteiger partial charge in [-0.15, -0.1) is 0 Å². The van der Waals surface area contributed by atoms with Crippen molar-refractivity contribution in [1.29, 1.82) is 5.26 Å². The number of hydrogen-bond donors (Lipinski definition) is 1. The molecular formula is C16H21N3O2. The minimum absolute atomic E-state index is 0.0892. The number of ether oxygens (including phenoxy) is 1. The fourth-order valence-electron chi connectivity index (χ4n) is 3.69. The third-order valence-electron chi connectivity index (χ3n) is 5.01. The normalized spacial score (nSPS) is 27.2. The number of nitriles is 1. The van der Waals surface area contributed by atoms with E-state index in [-0.39, 0.29) is 17.6 Å². The Balaban J connectivity index is 1.72. The molecule has 2 aliphatic rings. The summed E-state index contributed by atoms with van der Waals surface area (Å²) in [5.41, 5.74) is 0.526. The smallest absolute Gasteiger partial charge is 0.146 e. The highest BCUT2D eigenvalue weighted by molar-refractivity contribution is 5.53. The summed E-state index contributed by atoms with van der Waals surface area (Å²) >= 11 is 0.